The molecule has 5 rings (SSSR count). The van der Waals surface area contributed by atoms with Gasteiger partial charge in [0.1, 0.15) is 0 Å². The summed E-state index contributed by atoms with van der Waals surface area (Å²) in [5.74, 6) is -0.516. The van der Waals surface area contributed by atoms with Gasteiger partial charge in [-0.3, -0.25) is 19.5 Å². The summed E-state index contributed by atoms with van der Waals surface area (Å²) in [6, 6.07) is 13.4. The Morgan fingerprint density at radius 3 is 2.56 bits per heavy atom. The van der Waals surface area contributed by atoms with Crippen LogP contribution in [0, 0.1) is 10.1 Å². The van der Waals surface area contributed by atoms with Crippen LogP contribution in [0.5, 0.6) is 0 Å². The second-order valence-electron chi connectivity index (χ2n) is 9.50. The fraction of sp³-hybridized carbons (Fsp3) is 0.321. The molecule has 0 unspecified atom stereocenters. The van der Waals surface area contributed by atoms with Gasteiger partial charge in [0.2, 0.25) is 0 Å². The van der Waals surface area contributed by atoms with Gasteiger partial charge in [0.25, 0.3) is 11.2 Å². The minimum atomic E-state index is -0.703. The van der Waals surface area contributed by atoms with Crippen molar-refractivity contribution in [2.75, 3.05) is 44.7 Å². The zero-order valence-electron chi connectivity index (χ0n) is 22.0. The molecule has 2 aliphatic heterocycles. The zero-order valence-corrected chi connectivity index (χ0v) is 22.8. The molecule has 0 bridgehead atoms. The summed E-state index contributed by atoms with van der Waals surface area (Å²) in [6.45, 7) is 6.95. The molecule has 0 amide bonds. The molecular weight excluding hydrogens is 518 g/mol. The van der Waals surface area contributed by atoms with Crippen LogP contribution in [-0.2, 0) is 9.53 Å². The van der Waals surface area contributed by atoms with Crippen molar-refractivity contribution < 1.29 is 14.5 Å². The Morgan fingerprint density at radius 1 is 1.18 bits per heavy atom. The number of aromatic nitrogens is 1. The molecule has 0 aliphatic carbocycles. The van der Waals surface area contributed by atoms with E-state index in [-0.39, 0.29) is 17.9 Å². The quantitative estimate of drug-likeness (QED) is 0.265. The van der Waals surface area contributed by atoms with Gasteiger partial charge in [0.15, 0.2) is 4.80 Å². The summed E-state index contributed by atoms with van der Waals surface area (Å²) in [4.78, 5) is 47.6. The number of rotatable bonds is 6. The smallest absolute Gasteiger partial charge is 0.338 e. The van der Waals surface area contributed by atoms with Crippen LogP contribution in [-0.4, -0.2) is 60.2 Å². The molecule has 10 nitrogen and oxygen atoms in total. The Morgan fingerprint density at radius 2 is 1.90 bits per heavy atom. The van der Waals surface area contributed by atoms with Crippen molar-refractivity contribution in [1.29, 1.82) is 0 Å². The maximum Gasteiger partial charge on any atom is 0.338 e. The summed E-state index contributed by atoms with van der Waals surface area (Å²) >= 11 is 1.20. The highest BCUT2D eigenvalue weighted by Gasteiger charge is 2.33. The molecule has 1 fully saturated rings. The molecule has 202 valence electrons. The highest BCUT2D eigenvalue weighted by atomic mass is 32.1. The Balaban J connectivity index is 1.69. The number of hydrogen-bond acceptors (Lipinski definition) is 9. The molecule has 0 saturated carbocycles. The van der Waals surface area contributed by atoms with Gasteiger partial charge in [-0.15, -0.1) is 0 Å². The van der Waals surface area contributed by atoms with Crippen LogP contribution in [0.4, 0.5) is 11.4 Å². The van der Waals surface area contributed by atoms with Crippen LogP contribution in [0.2, 0.25) is 0 Å². The number of allylic oxidation sites excluding steroid dienone is 1. The number of non-ortho nitro benzene ring substituents is 1. The molecule has 1 atom stereocenters. The number of likely N-dealkylation sites (N-methyl/N-ethyl adjacent to an activating group) is 1. The Labute approximate surface area is 228 Å². The number of ether oxygens (including phenoxy) is 1. The summed E-state index contributed by atoms with van der Waals surface area (Å²) in [5.41, 5.74) is 2.63. The van der Waals surface area contributed by atoms with Gasteiger partial charge in [-0.05, 0) is 38.6 Å². The van der Waals surface area contributed by atoms with Gasteiger partial charge in [-0.2, -0.15) is 0 Å². The molecule has 3 aromatic rings. The number of nitro benzene ring substituents is 1. The van der Waals surface area contributed by atoms with Crippen molar-refractivity contribution in [3.63, 3.8) is 0 Å². The van der Waals surface area contributed by atoms with Crippen molar-refractivity contribution in [2.45, 2.75) is 19.9 Å². The Hall–Kier alpha value is -4.09. The number of thiazole rings is 1. The third kappa shape index (κ3) is 5.15. The average Bonchev–Trinajstić information content (AvgIpc) is 3.23. The first-order chi connectivity index (χ1) is 18.8. The molecule has 0 spiro atoms. The van der Waals surface area contributed by atoms with E-state index in [1.807, 2.05) is 30.3 Å². The first kappa shape index (κ1) is 26.5. The van der Waals surface area contributed by atoms with Crippen LogP contribution >= 0.6 is 11.3 Å². The molecule has 2 aliphatic rings. The van der Waals surface area contributed by atoms with E-state index in [9.17, 15) is 19.7 Å². The van der Waals surface area contributed by atoms with E-state index in [1.165, 1.54) is 28.0 Å². The normalized spacial score (nSPS) is 18.1. The maximum absolute atomic E-state index is 13.9. The van der Waals surface area contributed by atoms with E-state index < -0.39 is 16.9 Å². The van der Waals surface area contributed by atoms with Crippen molar-refractivity contribution >= 4 is 34.8 Å². The van der Waals surface area contributed by atoms with E-state index >= 15 is 0 Å². The predicted molar refractivity (Wildman–Crippen MR) is 150 cm³/mol. The molecule has 0 N–H and O–H groups in total. The van der Waals surface area contributed by atoms with Gasteiger partial charge in [-0.25, -0.2) is 9.79 Å². The zero-order chi connectivity index (χ0) is 27.7. The van der Waals surface area contributed by atoms with Crippen molar-refractivity contribution in [2.24, 2.45) is 4.99 Å². The minimum absolute atomic E-state index is 0.0468. The molecule has 11 heteroatoms. The van der Waals surface area contributed by atoms with Crippen LogP contribution in [0.1, 0.15) is 31.0 Å². The van der Waals surface area contributed by atoms with Gasteiger partial charge >= 0.3 is 5.97 Å². The number of nitro groups is 1. The van der Waals surface area contributed by atoms with Crippen molar-refractivity contribution in [1.82, 2.24) is 9.47 Å². The number of piperazine rings is 1. The van der Waals surface area contributed by atoms with Gasteiger partial charge in [-0.1, -0.05) is 41.7 Å². The SMILES string of the molecule is CCOC(=O)C1=C(C)N=c2s/c(=C/c3cc([N+](=O)[O-])ccc3N3CCN(C)CC3)c(=O)n2[C@H]1c1ccccc1. The number of carbonyl (C=O) groups excluding carboxylic acids is 1. The summed E-state index contributed by atoms with van der Waals surface area (Å²) in [5, 5.41) is 11.6. The molecule has 2 aromatic carbocycles. The van der Waals surface area contributed by atoms with E-state index in [2.05, 4.69) is 21.8 Å². The van der Waals surface area contributed by atoms with Gasteiger partial charge < -0.3 is 14.5 Å². The van der Waals surface area contributed by atoms with E-state index in [0.29, 0.717) is 26.2 Å². The van der Waals surface area contributed by atoms with Gasteiger partial charge in [0.05, 0.1) is 33.4 Å². The molecule has 1 aromatic heterocycles. The number of benzene rings is 2. The summed E-state index contributed by atoms with van der Waals surface area (Å²) in [6.07, 6.45) is 1.70. The molecule has 3 heterocycles. The second-order valence-corrected chi connectivity index (χ2v) is 10.5. The highest BCUT2D eigenvalue weighted by Crippen LogP contribution is 2.31. The number of nitrogens with zero attached hydrogens (tertiary/aromatic N) is 5. The molecular formula is C28H29N5O5S. The number of fused-ring (bicyclic) bond motifs is 1. The van der Waals surface area contributed by atoms with Crippen molar-refractivity contribution in [3.05, 3.63) is 101 Å². The lowest BCUT2D eigenvalue weighted by Gasteiger charge is -2.34. The molecule has 1 saturated heterocycles. The minimum Gasteiger partial charge on any atom is -0.463 e. The third-order valence-corrected chi connectivity index (χ3v) is 7.97. The highest BCUT2D eigenvalue weighted by molar-refractivity contribution is 7.07. The molecule has 39 heavy (non-hydrogen) atoms. The summed E-state index contributed by atoms with van der Waals surface area (Å²) in [7, 11) is 2.06. The van der Waals surface area contributed by atoms with Crippen LogP contribution in [0.15, 0.2) is 69.6 Å². The third-order valence-electron chi connectivity index (χ3n) is 6.98. The Kier molecular flexibility index (Phi) is 7.45. The van der Waals surface area contributed by atoms with Crippen LogP contribution < -0.4 is 19.8 Å². The van der Waals surface area contributed by atoms with E-state index in [0.717, 1.165) is 37.4 Å². The fourth-order valence-electron chi connectivity index (χ4n) is 4.99. The summed E-state index contributed by atoms with van der Waals surface area (Å²) < 4.78 is 7.24. The van der Waals surface area contributed by atoms with Crippen LogP contribution in [0.3, 0.4) is 0 Å². The lowest BCUT2D eigenvalue weighted by atomic mass is 9.96. The van der Waals surface area contributed by atoms with E-state index in [1.54, 1.807) is 26.0 Å². The molecule has 0 radical (unpaired) electrons. The first-order valence-corrected chi connectivity index (χ1v) is 13.6. The monoisotopic (exact) mass is 547 g/mol. The maximum atomic E-state index is 13.9. The number of hydrogen-bond donors (Lipinski definition) is 0. The topological polar surface area (TPSA) is 110 Å². The van der Waals surface area contributed by atoms with E-state index in [4.69, 9.17) is 4.74 Å². The average molecular weight is 548 g/mol. The number of carbonyl (C=O) groups is 1. The number of esters is 1. The first-order valence-electron chi connectivity index (χ1n) is 12.7. The van der Waals surface area contributed by atoms with Gasteiger partial charge in [0, 0.05) is 49.6 Å². The second kappa shape index (κ2) is 11.0. The lowest BCUT2D eigenvalue weighted by Crippen LogP contribution is -2.44. The lowest BCUT2D eigenvalue weighted by molar-refractivity contribution is -0.384. The standard InChI is InChI=1S/C28H29N5O5S/c1-4-38-27(35)24-18(2)29-28-32(25(24)19-8-6-5-7-9-19)26(34)23(39-28)17-20-16-21(33(36)37)10-11-22(20)31-14-12-30(3)13-15-31/h5-11,16-17,25H,4,12-15H2,1-3H3/b23-17+/t25-/m0/s1. The Bertz CT molecular complexity index is 1630. The van der Waals surface area contributed by atoms with Crippen LogP contribution in [0.25, 0.3) is 6.08 Å². The largest absolute Gasteiger partial charge is 0.463 e. The van der Waals surface area contributed by atoms with Crippen molar-refractivity contribution in [3.8, 4) is 0 Å². The predicted octanol–water partition coefficient (Wildman–Crippen LogP) is 2.46. The fourth-order valence-corrected chi connectivity index (χ4v) is 6.03. The number of anilines is 1.